The standard InChI is InChI=1S/C14H20F3N5O2S/c1-4-21-9-12(11(3)19-21)25(23,24)18-7-10(2)8-22-6-5-13(20-22)14(15,16)17/h5-6,9-10,18H,4,7-8H2,1-3H3. The van der Waals surface area contributed by atoms with E-state index in [-0.39, 0.29) is 23.9 Å². The molecule has 2 heterocycles. The van der Waals surface area contributed by atoms with Gasteiger partial charge < -0.3 is 0 Å². The molecule has 0 saturated carbocycles. The summed E-state index contributed by atoms with van der Waals surface area (Å²) in [6, 6.07) is 0.888. The lowest BCUT2D eigenvalue weighted by Gasteiger charge is -2.13. The normalized spacial score (nSPS) is 14.0. The summed E-state index contributed by atoms with van der Waals surface area (Å²) < 4.78 is 67.4. The van der Waals surface area contributed by atoms with Crippen molar-refractivity contribution in [1.82, 2.24) is 24.3 Å². The monoisotopic (exact) mass is 379 g/mol. The Labute approximate surface area is 143 Å². The minimum atomic E-state index is -4.49. The molecule has 1 unspecified atom stereocenters. The first-order chi connectivity index (χ1) is 11.5. The zero-order valence-corrected chi connectivity index (χ0v) is 14.9. The lowest BCUT2D eigenvalue weighted by molar-refractivity contribution is -0.141. The first kappa shape index (κ1) is 19.4. The van der Waals surface area contributed by atoms with Gasteiger partial charge in [-0.05, 0) is 25.8 Å². The predicted octanol–water partition coefficient (Wildman–Crippen LogP) is 2.04. The summed E-state index contributed by atoms with van der Waals surface area (Å²) in [5.41, 5.74) is -0.577. The van der Waals surface area contributed by atoms with E-state index in [0.29, 0.717) is 12.2 Å². The highest BCUT2D eigenvalue weighted by atomic mass is 32.2. The molecule has 11 heteroatoms. The van der Waals surface area contributed by atoms with Crippen molar-refractivity contribution in [2.75, 3.05) is 6.54 Å². The van der Waals surface area contributed by atoms with Crippen LogP contribution in [-0.2, 0) is 29.3 Å². The second kappa shape index (κ2) is 7.16. The fourth-order valence-electron chi connectivity index (χ4n) is 2.25. The van der Waals surface area contributed by atoms with Crippen molar-refractivity contribution < 1.29 is 21.6 Å². The first-order valence-electron chi connectivity index (χ1n) is 7.67. The number of aromatic nitrogens is 4. The number of alkyl halides is 3. The molecule has 0 saturated heterocycles. The number of hydrogen-bond acceptors (Lipinski definition) is 4. The summed E-state index contributed by atoms with van der Waals surface area (Å²) in [6.07, 6.45) is -1.82. The maximum Gasteiger partial charge on any atom is 0.435 e. The minimum absolute atomic E-state index is 0.0697. The molecular formula is C14H20F3N5O2S. The molecule has 0 radical (unpaired) electrons. The molecule has 2 aromatic rings. The summed E-state index contributed by atoms with van der Waals surface area (Å²) in [6.45, 7) is 5.95. The van der Waals surface area contributed by atoms with Gasteiger partial charge in [-0.3, -0.25) is 9.36 Å². The van der Waals surface area contributed by atoms with Crippen LogP contribution in [0, 0.1) is 12.8 Å². The summed E-state index contributed by atoms with van der Waals surface area (Å²) in [5, 5.41) is 7.55. The Morgan fingerprint density at radius 1 is 1.28 bits per heavy atom. The van der Waals surface area contributed by atoms with E-state index in [1.807, 2.05) is 6.92 Å². The molecule has 0 spiro atoms. The van der Waals surface area contributed by atoms with E-state index in [1.54, 1.807) is 13.8 Å². The Balaban J connectivity index is 1.98. The third-order valence-corrected chi connectivity index (χ3v) is 5.09. The number of nitrogens with one attached hydrogen (secondary N) is 1. The Kier molecular flexibility index (Phi) is 5.57. The number of hydrogen-bond donors (Lipinski definition) is 1. The Morgan fingerprint density at radius 2 is 1.96 bits per heavy atom. The van der Waals surface area contributed by atoms with E-state index in [4.69, 9.17) is 0 Å². The van der Waals surface area contributed by atoms with Gasteiger partial charge in [-0.15, -0.1) is 0 Å². The van der Waals surface area contributed by atoms with Crippen molar-refractivity contribution in [3.05, 3.63) is 29.8 Å². The number of halogens is 3. The molecule has 2 aromatic heterocycles. The molecule has 0 aliphatic heterocycles. The molecule has 2 rings (SSSR count). The van der Waals surface area contributed by atoms with Gasteiger partial charge in [-0.2, -0.15) is 23.4 Å². The number of sulfonamides is 1. The summed E-state index contributed by atoms with van der Waals surface area (Å²) >= 11 is 0. The quantitative estimate of drug-likeness (QED) is 0.798. The average molecular weight is 379 g/mol. The van der Waals surface area contributed by atoms with Crippen LogP contribution in [-0.4, -0.2) is 34.5 Å². The van der Waals surface area contributed by atoms with E-state index >= 15 is 0 Å². The summed E-state index contributed by atoms with van der Waals surface area (Å²) in [7, 11) is -3.73. The third-order valence-electron chi connectivity index (χ3n) is 3.57. The lowest BCUT2D eigenvalue weighted by atomic mass is 10.2. The van der Waals surface area contributed by atoms with Crippen LogP contribution < -0.4 is 4.72 Å². The van der Waals surface area contributed by atoms with Gasteiger partial charge >= 0.3 is 6.18 Å². The fourth-order valence-corrected chi connectivity index (χ4v) is 3.60. The molecule has 0 fully saturated rings. The van der Waals surface area contributed by atoms with Crippen LogP contribution >= 0.6 is 0 Å². The van der Waals surface area contributed by atoms with Crippen LogP contribution in [0.3, 0.4) is 0 Å². The van der Waals surface area contributed by atoms with E-state index in [1.165, 1.54) is 17.1 Å². The smallest absolute Gasteiger partial charge is 0.272 e. The van der Waals surface area contributed by atoms with Crippen LogP contribution in [0.15, 0.2) is 23.4 Å². The summed E-state index contributed by atoms with van der Waals surface area (Å²) in [4.78, 5) is 0.0972. The zero-order valence-electron chi connectivity index (χ0n) is 14.1. The zero-order chi connectivity index (χ0) is 18.8. The predicted molar refractivity (Wildman–Crippen MR) is 84.2 cm³/mol. The summed E-state index contributed by atoms with van der Waals surface area (Å²) in [5.74, 6) is -0.253. The largest absolute Gasteiger partial charge is 0.435 e. The number of rotatable bonds is 7. The first-order valence-corrected chi connectivity index (χ1v) is 9.15. The topological polar surface area (TPSA) is 81.8 Å². The van der Waals surface area contributed by atoms with Gasteiger partial charge in [0, 0.05) is 32.0 Å². The second-order valence-corrected chi connectivity index (χ2v) is 7.55. The Morgan fingerprint density at radius 3 is 2.48 bits per heavy atom. The van der Waals surface area contributed by atoms with Gasteiger partial charge in [-0.1, -0.05) is 6.92 Å². The third kappa shape index (κ3) is 4.82. The number of nitrogens with zero attached hydrogens (tertiary/aromatic N) is 4. The maximum atomic E-state index is 12.5. The Hall–Kier alpha value is -1.88. The molecule has 1 N–H and O–H groups in total. The van der Waals surface area contributed by atoms with E-state index in [0.717, 1.165) is 10.7 Å². The van der Waals surface area contributed by atoms with Gasteiger partial charge in [0.15, 0.2) is 5.69 Å². The molecule has 7 nitrogen and oxygen atoms in total. The molecule has 0 bridgehead atoms. The molecule has 1 atom stereocenters. The minimum Gasteiger partial charge on any atom is -0.272 e. The van der Waals surface area contributed by atoms with Gasteiger partial charge in [-0.25, -0.2) is 13.1 Å². The van der Waals surface area contributed by atoms with Crippen LogP contribution in [0.5, 0.6) is 0 Å². The molecule has 140 valence electrons. The van der Waals surface area contributed by atoms with Crippen molar-refractivity contribution in [2.45, 2.75) is 44.9 Å². The molecule has 0 amide bonds. The van der Waals surface area contributed by atoms with Crippen molar-refractivity contribution in [3.8, 4) is 0 Å². The molecule has 0 aliphatic rings. The second-order valence-electron chi connectivity index (χ2n) is 5.81. The highest BCUT2D eigenvalue weighted by Crippen LogP contribution is 2.27. The van der Waals surface area contributed by atoms with Gasteiger partial charge in [0.25, 0.3) is 0 Å². The lowest BCUT2D eigenvalue weighted by Crippen LogP contribution is -2.30. The Bertz CT molecular complexity index is 826. The van der Waals surface area contributed by atoms with Gasteiger partial charge in [0.2, 0.25) is 10.0 Å². The van der Waals surface area contributed by atoms with Crippen molar-refractivity contribution in [1.29, 1.82) is 0 Å². The van der Waals surface area contributed by atoms with E-state index in [9.17, 15) is 21.6 Å². The molecular weight excluding hydrogens is 359 g/mol. The maximum absolute atomic E-state index is 12.5. The van der Waals surface area contributed by atoms with Crippen molar-refractivity contribution in [2.24, 2.45) is 5.92 Å². The van der Waals surface area contributed by atoms with Crippen LogP contribution in [0.2, 0.25) is 0 Å². The SMILES string of the molecule is CCn1cc(S(=O)(=O)NCC(C)Cn2ccc(C(F)(F)F)n2)c(C)n1. The van der Waals surface area contributed by atoms with Crippen molar-refractivity contribution >= 4 is 10.0 Å². The van der Waals surface area contributed by atoms with Crippen molar-refractivity contribution in [3.63, 3.8) is 0 Å². The van der Waals surface area contributed by atoms with Crippen LogP contribution in [0.25, 0.3) is 0 Å². The highest BCUT2D eigenvalue weighted by molar-refractivity contribution is 7.89. The van der Waals surface area contributed by atoms with Gasteiger partial charge in [0.05, 0.1) is 5.69 Å². The van der Waals surface area contributed by atoms with E-state index < -0.39 is 21.9 Å². The molecule has 0 aliphatic carbocycles. The average Bonchev–Trinajstić information content (AvgIpc) is 3.11. The van der Waals surface area contributed by atoms with E-state index in [2.05, 4.69) is 14.9 Å². The fraction of sp³-hybridized carbons (Fsp3) is 0.571. The van der Waals surface area contributed by atoms with Gasteiger partial charge in [0.1, 0.15) is 4.90 Å². The highest BCUT2D eigenvalue weighted by Gasteiger charge is 2.33. The van der Waals surface area contributed by atoms with Crippen LogP contribution in [0.1, 0.15) is 25.2 Å². The van der Waals surface area contributed by atoms with Crippen LogP contribution in [0.4, 0.5) is 13.2 Å². The number of aryl methyl sites for hydroxylation is 2. The molecule has 0 aromatic carbocycles. The molecule has 25 heavy (non-hydrogen) atoms.